The largest absolute Gasteiger partial charge is 0.469 e. The zero-order valence-corrected chi connectivity index (χ0v) is 12.7. The van der Waals surface area contributed by atoms with Gasteiger partial charge in [-0.3, -0.25) is 4.79 Å². The number of carbonyl (C=O) groups is 1. The quantitative estimate of drug-likeness (QED) is 0.862. The molecule has 1 N–H and O–H groups in total. The van der Waals surface area contributed by atoms with Crippen LogP contribution in [0.1, 0.15) is 41.3 Å². The molecule has 1 aliphatic carbocycles. The lowest BCUT2D eigenvalue weighted by atomic mass is 9.86. The Labute approximate surface area is 118 Å². The van der Waals surface area contributed by atoms with Gasteiger partial charge in [-0.25, -0.2) is 4.98 Å². The van der Waals surface area contributed by atoms with Crippen LogP contribution in [-0.2, 0) is 16.1 Å². The van der Waals surface area contributed by atoms with E-state index in [0.29, 0.717) is 6.04 Å². The number of methoxy groups -OCH3 is 1. The zero-order valence-electron chi connectivity index (χ0n) is 11.9. The Bertz CT molecular complexity index is 437. The molecule has 0 bridgehead atoms. The second kappa shape index (κ2) is 6.48. The van der Waals surface area contributed by atoms with Gasteiger partial charge in [-0.05, 0) is 39.5 Å². The molecule has 19 heavy (non-hydrogen) atoms. The Morgan fingerprint density at radius 2 is 2.05 bits per heavy atom. The van der Waals surface area contributed by atoms with Crippen molar-refractivity contribution in [2.24, 2.45) is 5.92 Å². The molecule has 0 unspecified atom stereocenters. The predicted octanol–water partition coefficient (Wildman–Crippen LogP) is 2.58. The highest BCUT2D eigenvalue weighted by atomic mass is 32.1. The third-order valence-corrected chi connectivity index (χ3v) is 4.89. The fourth-order valence-electron chi connectivity index (χ4n) is 2.67. The van der Waals surface area contributed by atoms with E-state index in [1.807, 2.05) is 6.92 Å². The van der Waals surface area contributed by atoms with Gasteiger partial charge in [-0.2, -0.15) is 0 Å². The van der Waals surface area contributed by atoms with Crippen LogP contribution in [-0.4, -0.2) is 24.1 Å². The maximum absolute atomic E-state index is 11.5. The van der Waals surface area contributed by atoms with Crippen molar-refractivity contribution in [3.8, 4) is 0 Å². The Kier molecular flexibility index (Phi) is 4.93. The van der Waals surface area contributed by atoms with Crippen molar-refractivity contribution < 1.29 is 9.53 Å². The molecule has 106 valence electrons. The highest BCUT2D eigenvalue weighted by Crippen LogP contribution is 2.26. The minimum atomic E-state index is -0.0487. The molecule has 0 radical (unpaired) electrons. The van der Waals surface area contributed by atoms with Gasteiger partial charge in [-0.1, -0.05) is 0 Å². The Morgan fingerprint density at radius 1 is 1.37 bits per heavy atom. The number of ether oxygens (including phenoxy) is 1. The zero-order chi connectivity index (χ0) is 13.8. The molecule has 0 aliphatic heterocycles. The van der Waals surface area contributed by atoms with E-state index in [0.717, 1.165) is 42.9 Å². The van der Waals surface area contributed by atoms with Crippen LogP contribution in [0.15, 0.2) is 0 Å². The van der Waals surface area contributed by atoms with Crippen LogP contribution in [0, 0.1) is 19.8 Å². The van der Waals surface area contributed by atoms with Crippen LogP contribution in [0.3, 0.4) is 0 Å². The molecular weight excluding hydrogens is 260 g/mol. The van der Waals surface area contributed by atoms with Crippen molar-refractivity contribution >= 4 is 17.3 Å². The lowest BCUT2D eigenvalue weighted by molar-refractivity contribution is -0.146. The molecule has 0 atom stereocenters. The van der Waals surface area contributed by atoms with Gasteiger partial charge in [0.2, 0.25) is 0 Å². The monoisotopic (exact) mass is 282 g/mol. The third-order valence-electron chi connectivity index (χ3n) is 3.81. The summed E-state index contributed by atoms with van der Waals surface area (Å²) in [5.74, 6) is 0.0582. The molecule has 5 heteroatoms. The van der Waals surface area contributed by atoms with Gasteiger partial charge in [-0.15, -0.1) is 11.3 Å². The molecule has 1 aromatic heterocycles. The summed E-state index contributed by atoms with van der Waals surface area (Å²) in [7, 11) is 1.47. The minimum absolute atomic E-state index is 0.0487. The normalized spacial score (nSPS) is 23.3. The summed E-state index contributed by atoms with van der Waals surface area (Å²) >= 11 is 1.76. The first-order valence-electron chi connectivity index (χ1n) is 6.84. The number of aryl methyl sites for hydroxylation is 2. The first-order chi connectivity index (χ1) is 9.10. The molecule has 1 aromatic rings. The highest BCUT2D eigenvalue weighted by molar-refractivity contribution is 7.11. The first-order valence-corrected chi connectivity index (χ1v) is 7.66. The fourth-order valence-corrected chi connectivity index (χ4v) is 3.56. The van der Waals surface area contributed by atoms with Crippen LogP contribution in [0.5, 0.6) is 0 Å². The summed E-state index contributed by atoms with van der Waals surface area (Å²) < 4.78 is 4.81. The second-order valence-corrected chi connectivity index (χ2v) is 6.48. The van der Waals surface area contributed by atoms with Crippen molar-refractivity contribution in [2.45, 2.75) is 52.1 Å². The molecule has 1 aliphatic rings. The molecule has 1 saturated carbocycles. The van der Waals surface area contributed by atoms with Gasteiger partial charge < -0.3 is 10.1 Å². The summed E-state index contributed by atoms with van der Waals surface area (Å²) in [6.07, 6.45) is 3.98. The molecule has 0 amide bonds. The fraction of sp³-hybridized carbons (Fsp3) is 0.714. The van der Waals surface area contributed by atoms with Crippen LogP contribution in [0.25, 0.3) is 0 Å². The van der Waals surface area contributed by atoms with Crippen molar-refractivity contribution in [2.75, 3.05) is 7.11 Å². The Morgan fingerprint density at radius 3 is 2.58 bits per heavy atom. The second-order valence-electron chi connectivity index (χ2n) is 5.19. The van der Waals surface area contributed by atoms with Gasteiger partial charge in [0, 0.05) is 17.5 Å². The number of aromatic nitrogens is 1. The molecule has 0 spiro atoms. The van der Waals surface area contributed by atoms with Gasteiger partial charge in [0.25, 0.3) is 0 Å². The summed E-state index contributed by atoms with van der Waals surface area (Å²) in [6.45, 7) is 5.00. The minimum Gasteiger partial charge on any atom is -0.469 e. The number of carbonyl (C=O) groups excluding carboxylic acids is 1. The van der Waals surface area contributed by atoms with Crippen molar-refractivity contribution in [3.05, 3.63) is 15.6 Å². The number of rotatable bonds is 4. The van der Waals surface area contributed by atoms with Gasteiger partial charge >= 0.3 is 5.97 Å². The highest BCUT2D eigenvalue weighted by Gasteiger charge is 2.26. The summed E-state index contributed by atoms with van der Waals surface area (Å²) in [4.78, 5) is 17.2. The van der Waals surface area contributed by atoms with Crippen molar-refractivity contribution in [1.82, 2.24) is 10.3 Å². The topological polar surface area (TPSA) is 51.2 Å². The summed E-state index contributed by atoms with van der Waals surface area (Å²) in [6, 6.07) is 0.516. The number of nitrogens with one attached hydrogen (secondary N) is 1. The number of esters is 1. The van der Waals surface area contributed by atoms with Crippen LogP contribution in [0.4, 0.5) is 0 Å². The summed E-state index contributed by atoms with van der Waals surface area (Å²) in [5.41, 5.74) is 1.14. The Balaban J connectivity index is 1.77. The van der Waals surface area contributed by atoms with Crippen LogP contribution in [0.2, 0.25) is 0 Å². The number of thiazole rings is 1. The average molecular weight is 282 g/mol. The lowest BCUT2D eigenvalue weighted by Crippen LogP contribution is -2.34. The van der Waals surface area contributed by atoms with Gasteiger partial charge in [0.1, 0.15) is 0 Å². The van der Waals surface area contributed by atoms with Gasteiger partial charge in [0.05, 0.1) is 23.7 Å². The van der Waals surface area contributed by atoms with Crippen LogP contribution >= 0.6 is 11.3 Å². The van der Waals surface area contributed by atoms with Crippen LogP contribution < -0.4 is 5.32 Å². The molecule has 1 heterocycles. The molecule has 1 fully saturated rings. The molecular formula is C14H22N2O2S. The van der Waals surface area contributed by atoms with E-state index in [4.69, 9.17) is 4.74 Å². The van der Waals surface area contributed by atoms with E-state index in [2.05, 4.69) is 17.2 Å². The number of nitrogens with zero attached hydrogens (tertiary/aromatic N) is 1. The van der Waals surface area contributed by atoms with E-state index in [1.54, 1.807) is 11.3 Å². The standard InChI is InChI=1S/C14H22N2O2S/c1-9-13(19-10(2)16-9)8-15-12-6-4-11(5-7-12)14(17)18-3/h11-12,15H,4-8H2,1-3H3. The molecule has 2 rings (SSSR count). The average Bonchev–Trinajstić information content (AvgIpc) is 2.74. The third kappa shape index (κ3) is 3.76. The van der Waals surface area contributed by atoms with Gasteiger partial charge in [0.15, 0.2) is 0 Å². The summed E-state index contributed by atoms with van der Waals surface area (Å²) in [5, 5.41) is 4.72. The van der Waals surface area contributed by atoms with E-state index in [-0.39, 0.29) is 11.9 Å². The maximum atomic E-state index is 11.5. The molecule has 0 aromatic carbocycles. The van der Waals surface area contributed by atoms with Crippen molar-refractivity contribution in [3.63, 3.8) is 0 Å². The predicted molar refractivity (Wildman–Crippen MR) is 76.2 cm³/mol. The lowest BCUT2D eigenvalue weighted by Gasteiger charge is -2.27. The maximum Gasteiger partial charge on any atom is 0.308 e. The van der Waals surface area contributed by atoms with Crippen molar-refractivity contribution in [1.29, 1.82) is 0 Å². The number of hydrogen-bond acceptors (Lipinski definition) is 5. The first kappa shape index (κ1) is 14.5. The number of hydrogen-bond donors (Lipinski definition) is 1. The van der Waals surface area contributed by atoms with E-state index >= 15 is 0 Å². The van der Waals surface area contributed by atoms with E-state index < -0.39 is 0 Å². The molecule has 4 nitrogen and oxygen atoms in total. The van der Waals surface area contributed by atoms with E-state index in [9.17, 15) is 4.79 Å². The Hall–Kier alpha value is -0.940. The molecule has 0 saturated heterocycles. The smallest absolute Gasteiger partial charge is 0.308 e. The SMILES string of the molecule is COC(=O)C1CCC(NCc2sc(C)nc2C)CC1. The van der Waals surface area contributed by atoms with E-state index in [1.165, 1.54) is 12.0 Å².